The predicted octanol–water partition coefficient (Wildman–Crippen LogP) is 6.02. The zero-order chi connectivity index (χ0) is 20.9. The first-order valence-electron chi connectivity index (χ1n) is 10.9. The average molecular weight is 394 g/mol. The van der Waals surface area contributed by atoms with Crippen molar-refractivity contribution in [3.05, 3.63) is 66.2 Å². The number of hydrogen-bond donors (Lipinski definition) is 1. The molecule has 0 radical (unpaired) electrons. The summed E-state index contributed by atoms with van der Waals surface area (Å²) in [7, 11) is 0. The lowest BCUT2D eigenvalue weighted by Gasteiger charge is -2.42. The first-order valence-corrected chi connectivity index (χ1v) is 10.9. The van der Waals surface area contributed by atoms with Crippen molar-refractivity contribution in [2.45, 2.75) is 53.1 Å². The molecule has 0 saturated heterocycles. The first-order chi connectivity index (χ1) is 13.9. The Kier molecular flexibility index (Phi) is 7.00. The van der Waals surface area contributed by atoms with Gasteiger partial charge in [-0.1, -0.05) is 76.2 Å². The number of benzene rings is 2. The van der Waals surface area contributed by atoms with E-state index in [1.165, 1.54) is 6.42 Å². The molecule has 156 valence electrons. The van der Waals surface area contributed by atoms with Crippen LogP contribution in [0.25, 0.3) is 0 Å². The third kappa shape index (κ3) is 5.85. The molecule has 3 rings (SSSR count). The van der Waals surface area contributed by atoms with Crippen molar-refractivity contribution in [1.29, 1.82) is 0 Å². The van der Waals surface area contributed by atoms with Crippen LogP contribution >= 0.6 is 0 Å². The Morgan fingerprint density at radius 3 is 2.31 bits per heavy atom. The van der Waals surface area contributed by atoms with Gasteiger partial charge in [-0.3, -0.25) is 4.79 Å². The number of carbonyl (C=O) groups excluding carboxylic acids is 1. The summed E-state index contributed by atoms with van der Waals surface area (Å²) in [6, 6.07) is 19.9. The molecule has 1 amide bonds. The van der Waals surface area contributed by atoms with E-state index in [-0.39, 0.29) is 23.3 Å². The fourth-order valence-electron chi connectivity index (χ4n) is 4.58. The van der Waals surface area contributed by atoms with Crippen LogP contribution in [0.3, 0.4) is 0 Å². The highest BCUT2D eigenvalue weighted by molar-refractivity contribution is 5.79. The van der Waals surface area contributed by atoms with Crippen molar-refractivity contribution in [2.24, 2.45) is 23.2 Å². The molecule has 2 aromatic carbocycles. The molecule has 0 aliphatic heterocycles. The molecule has 1 fully saturated rings. The molecule has 0 heterocycles. The van der Waals surface area contributed by atoms with Gasteiger partial charge in [-0.25, -0.2) is 0 Å². The SMILES string of the molecule is CC(C)C1CCC(C)(C)CC1C(=O)NCC(Oc1ccccc1)c1ccccc1. The van der Waals surface area contributed by atoms with Crippen LogP contribution in [0.1, 0.15) is 58.6 Å². The first kappa shape index (κ1) is 21.4. The molecule has 1 saturated carbocycles. The van der Waals surface area contributed by atoms with Crippen molar-refractivity contribution in [2.75, 3.05) is 6.54 Å². The van der Waals surface area contributed by atoms with Gasteiger partial charge in [0.05, 0.1) is 6.54 Å². The van der Waals surface area contributed by atoms with E-state index in [4.69, 9.17) is 4.74 Å². The van der Waals surface area contributed by atoms with Crippen molar-refractivity contribution in [3.8, 4) is 5.75 Å². The van der Waals surface area contributed by atoms with Gasteiger partial charge in [0.25, 0.3) is 0 Å². The van der Waals surface area contributed by atoms with E-state index < -0.39 is 0 Å². The number of nitrogens with one attached hydrogen (secondary N) is 1. The molecule has 0 aromatic heterocycles. The fourth-order valence-corrected chi connectivity index (χ4v) is 4.58. The van der Waals surface area contributed by atoms with Crippen LogP contribution < -0.4 is 10.1 Å². The Labute approximate surface area is 175 Å². The smallest absolute Gasteiger partial charge is 0.223 e. The minimum absolute atomic E-state index is 0.0758. The molecule has 3 heteroatoms. The van der Waals surface area contributed by atoms with Crippen molar-refractivity contribution >= 4 is 5.91 Å². The van der Waals surface area contributed by atoms with Crippen LogP contribution in [0.15, 0.2) is 60.7 Å². The van der Waals surface area contributed by atoms with Gasteiger partial charge in [0.1, 0.15) is 11.9 Å². The maximum atomic E-state index is 13.2. The topological polar surface area (TPSA) is 38.3 Å². The van der Waals surface area contributed by atoms with Crippen LogP contribution in [0.2, 0.25) is 0 Å². The van der Waals surface area contributed by atoms with Crippen LogP contribution in [-0.4, -0.2) is 12.5 Å². The lowest BCUT2D eigenvalue weighted by Crippen LogP contribution is -2.44. The van der Waals surface area contributed by atoms with E-state index in [0.717, 1.165) is 24.2 Å². The Hall–Kier alpha value is -2.29. The minimum atomic E-state index is -0.211. The zero-order valence-corrected chi connectivity index (χ0v) is 18.2. The summed E-state index contributed by atoms with van der Waals surface area (Å²) in [5, 5.41) is 3.23. The van der Waals surface area contributed by atoms with Gasteiger partial charge in [0, 0.05) is 5.92 Å². The van der Waals surface area contributed by atoms with Gasteiger partial charge in [-0.05, 0) is 54.2 Å². The van der Waals surface area contributed by atoms with Gasteiger partial charge >= 0.3 is 0 Å². The highest BCUT2D eigenvalue weighted by Gasteiger charge is 2.40. The second-order valence-electron chi connectivity index (χ2n) is 9.50. The number of rotatable bonds is 7. The van der Waals surface area contributed by atoms with E-state index in [1.54, 1.807) is 0 Å². The van der Waals surface area contributed by atoms with E-state index >= 15 is 0 Å². The lowest BCUT2D eigenvalue weighted by atomic mass is 9.64. The standard InChI is InChI=1S/C26H35NO2/c1-19(2)22-15-16-26(3,4)17-23(22)25(28)27-18-24(20-11-7-5-8-12-20)29-21-13-9-6-10-14-21/h5-14,19,22-24H,15-18H2,1-4H3,(H,27,28). The van der Waals surface area contributed by atoms with E-state index in [2.05, 4.69) is 45.1 Å². The molecule has 1 aliphatic carbocycles. The molecule has 0 bridgehead atoms. The maximum Gasteiger partial charge on any atom is 0.223 e. The quantitative estimate of drug-likeness (QED) is 0.624. The van der Waals surface area contributed by atoms with Gasteiger partial charge in [0.2, 0.25) is 5.91 Å². The second kappa shape index (κ2) is 9.47. The highest BCUT2D eigenvalue weighted by Crippen LogP contribution is 2.44. The summed E-state index contributed by atoms with van der Waals surface area (Å²) in [5.74, 6) is 2.04. The van der Waals surface area contributed by atoms with Crippen LogP contribution in [0.4, 0.5) is 0 Å². The predicted molar refractivity (Wildman–Crippen MR) is 119 cm³/mol. The summed E-state index contributed by atoms with van der Waals surface area (Å²) >= 11 is 0. The second-order valence-corrected chi connectivity index (χ2v) is 9.50. The largest absolute Gasteiger partial charge is 0.484 e. The molecule has 3 nitrogen and oxygen atoms in total. The number of para-hydroxylation sites is 1. The van der Waals surface area contributed by atoms with Crippen LogP contribution in [0, 0.1) is 23.2 Å². The summed E-state index contributed by atoms with van der Waals surface area (Å²) in [4.78, 5) is 13.2. The van der Waals surface area contributed by atoms with Crippen molar-refractivity contribution in [3.63, 3.8) is 0 Å². The molecule has 3 atom stereocenters. The summed E-state index contributed by atoms with van der Waals surface area (Å²) < 4.78 is 6.24. The Balaban J connectivity index is 1.71. The fraction of sp³-hybridized carbons (Fsp3) is 0.500. The van der Waals surface area contributed by atoms with E-state index in [0.29, 0.717) is 18.4 Å². The van der Waals surface area contributed by atoms with Crippen LogP contribution in [0.5, 0.6) is 5.75 Å². The number of hydrogen-bond acceptors (Lipinski definition) is 2. The Morgan fingerprint density at radius 2 is 1.69 bits per heavy atom. The van der Waals surface area contributed by atoms with E-state index in [1.807, 2.05) is 48.5 Å². The average Bonchev–Trinajstić information content (AvgIpc) is 2.71. The zero-order valence-electron chi connectivity index (χ0n) is 18.2. The highest BCUT2D eigenvalue weighted by atomic mass is 16.5. The summed E-state index contributed by atoms with van der Waals surface area (Å²) in [5.41, 5.74) is 1.30. The van der Waals surface area contributed by atoms with Gasteiger partial charge in [0.15, 0.2) is 0 Å². The van der Waals surface area contributed by atoms with E-state index in [9.17, 15) is 4.79 Å². The van der Waals surface area contributed by atoms with Gasteiger partial charge < -0.3 is 10.1 Å². The van der Waals surface area contributed by atoms with Gasteiger partial charge in [-0.15, -0.1) is 0 Å². The maximum absolute atomic E-state index is 13.2. The molecule has 1 N–H and O–H groups in total. The third-order valence-electron chi connectivity index (χ3n) is 6.29. The molecule has 29 heavy (non-hydrogen) atoms. The Morgan fingerprint density at radius 1 is 1.07 bits per heavy atom. The Bertz CT molecular complexity index is 770. The molecule has 0 spiro atoms. The minimum Gasteiger partial charge on any atom is -0.484 e. The molecular weight excluding hydrogens is 358 g/mol. The third-order valence-corrected chi connectivity index (χ3v) is 6.29. The lowest BCUT2D eigenvalue weighted by molar-refractivity contribution is -0.130. The van der Waals surface area contributed by atoms with Crippen LogP contribution in [-0.2, 0) is 4.79 Å². The number of carbonyl (C=O) groups is 1. The molecular formula is C26H35NO2. The molecule has 1 aliphatic rings. The number of amides is 1. The monoisotopic (exact) mass is 393 g/mol. The molecule has 2 aromatic rings. The van der Waals surface area contributed by atoms with Crippen molar-refractivity contribution < 1.29 is 9.53 Å². The summed E-state index contributed by atoms with van der Waals surface area (Å²) in [6.45, 7) is 9.53. The normalized spacial score (nSPS) is 22.1. The number of ether oxygens (including phenoxy) is 1. The summed E-state index contributed by atoms with van der Waals surface area (Å²) in [6.07, 6.45) is 3.07. The van der Waals surface area contributed by atoms with Gasteiger partial charge in [-0.2, -0.15) is 0 Å². The molecule has 3 unspecified atom stereocenters. The van der Waals surface area contributed by atoms with Crippen molar-refractivity contribution in [1.82, 2.24) is 5.32 Å².